The quantitative estimate of drug-likeness (QED) is 0.611. The third-order valence-electron chi connectivity index (χ3n) is 3.05. The standard InChI is InChI=1S/C15H12N2O.2C2H6/c1-11-6-5-9-14-13(10-18)15(16-17(11)14)12-7-3-2-4-8-12;2*1-2/h2-10H,1H3;2*1-2H3. The third kappa shape index (κ3) is 3.42. The maximum Gasteiger partial charge on any atom is 0.154 e. The van der Waals surface area contributed by atoms with Gasteiger partial charge in [-0.25, -0.2) is 4.52 Å². The molecule has 0 saturated heterocycles. The largest absolute Gasteiger partial charge is 0.298 e. The molecule has 0 bridgehead atoms. The molecule has 0 saturated carbocycles. The summed E-state index contributed by atoms with van der Waals surface area (Å²) in [6.07, 6.45) is 0.879. The molecule has 0 aliphatic rings. The van der Waals surface area contributed by atoms with Gasteiger partial charge < -0.3 is 0 Å². The lowest BCUT2D eigenvalue weighted by molar-refractivity contribution is 0.112. The fourth-order valence-corrected chi connectivity index (χ4v) is 2.15. The van der Waals surface area contributed by atoms with Crippen LogP contribution in [-0.4, -0.2) is 15.9 Å². The van der Waals surface area contributed by atoms with Gasteiger partial charge in [0.25, 0.3) is 0 Å². The Balaban J connectivity index is 0.000000561. The Kier molecular flexibility index (Phi) is 7.03. The van der Waals surface area contributed by atoms with Crippen molar-refractivity contribution in [2.24, 2.45) is 0 Å². The lowest BCUT2D eigenvalue weighted by atomic mass is 10.1. The molecule has 0 aliphatic heterocycles. The van der Waals surface area contributed by atoms with Gasteiger partial charge in [0.2, 0.25) is 0 Å². The van der Waals surface area contributed by atoms with E-state index < -0.39 is 0 Å². The molecule has 0 atom stereocenters. The van der Waals surface area contributed by atoms with Crippen LogP contribution in [0.5, 0.6) is 0 Å². The average Bonchev–Trinajstić information content (AvgIpc) is 2.99. The van der Waals surface area contributed by atoms with Gasteiger partial charge in [0.05, 0.1) is 11.1 Å². The van der Waals surface area contributed by atoms with Crippen LogP contribution in [0.4, 0.5) is 0 Å². The smallest absolute Gasteiger partial charge is 0.154 e. The van der Waals surface area contributed by atoms with Crippen LogP contribution in [0.1, 0.15) is 43.7 Å². The van der Waals surface area contributed by atoms with Crippen LogP contribution in [0.2, 0.25) is 0 Å². The van der Waals surface area contributed by atoms with Crippen molar-refractivity contribution >= 4 is 11.8 Å². The molecule has 0 N–H and O–H groups in total. The maximum absolute atomic E-state index is 11.3. The van der Waals surface area contributed by atoms with E-state index in [1.807, 2.05) is 87.7 Å². The van der Waals surface area contributed by atoms with Crippen LogP contribution < -0.4 is 0 Å². The van der Waals surface area contributed by atoms with Crippen LogP contribution in [0, 0.1) is 6.92 Å². The normalized spacial score (nSPS) is 9.32. The van der Waals surface area contributed by atoms with Crippen LogP contribution >= 0.6 is 0 Å². The molecule has 0 unspecified atom stereocenters. The Morgan fingerprint density at radius 1 is 0.909 bits per heavy atom. The minimum absolute atomic E-state index is 0.643. The van der Waals surface area contributed by atoms with E-state index in [2.05, 4.69) is 5.10 Å². The zero-order valence-corrected chi connectivity index (χ0v) is 14.0. The van der Waals surface area contributed by atoms with Gasteiger partial charge in [-0.1, -0.05) is 64.1 Å². The van der Waals surface area contributed by atoms with Gasteiger partial charge in [-0.15, -0.1) is 0 Å². The molecule has 3 aromatic rings. The molecule has 3 rings (SSSR count). The molecule has 0 aliphatic carbocycles. The molecule has 22 heavy (non-hydrogen) atoms. The monoisotopic (exact) mass is 296 g/mol. The van der Waals surface area contributed by atoms with E-state index in [1.165, 1.54) is 0 Å². The van der Waals surface area contributed by atoms with E-state index in [0.29, 0.717) is 5.56 Å². The highest BCUT2D eigenvalue weighted by atomic mass is 16.1. The summed E-state index contributed by atoms with van der Waals surface area (Å²) in [6, 6.07) is 15.6. The summed E-state index contributed by atoms with van der Waals surface area (Å²) < 4.78 is 1.81. The number of nitrogens with zero attached hydrogens (tertiary/aromatic N) is 2. The summed E-state index contributed by atoms with van der Waals surface area (Å²) in [6.45, 7) is 9.98. The minimum atomic E-state index is 0.643. The van der Waals surface area contributed by atoms with Crippen molar-refractivity contribution in [2.45, 2.75) is 34.6 Å². The van der Waals surface area contributed by atoms with Crippen molar-refractivity contribution in [3.63, 3.8) is 0 Å². The molecule has 116 valence electrons. The molecule has 1 aromatic carbocycles. The molecule has 3 nitrogen and oxygen atoms in total. The first kappa shape index (κ1) is 17.6. The summed E-state index contributed by atoms with van der Waals surface area (Å²) in [7, 11) is 0. The first-order chi connectivity index (χ1) is 10.8. The number of carbonyl (C=O) groups excluding carboxylic acids is 1. The SMILES string of the molecule is CC.CC.Cc1cccc2c(C=O)c(-c3ccccc3)nn12. The molecule has 0 fully saturated rings. The van der Waals surface area contributed by atoms with Crippen molar-refractivity contribution in [3.05, 3.63) is 59.8 Å². The van der Waals surface area contributed by atoms with E-state index in [0.717, 1.165) is 28.8 Å². The number of aromatic nitrogens is 2. The van der Waals surface area contributed by atoms with E-state index in [9.17, 15) is 4.79 Å². The van der Waals surface area contributed by atoms with Crippen LogP contribution in [0.3, 0.4) is 0 Å². The predicted molar refractivity (Wildman–Crippen MR) is 93.4 cm³/mol. The Morgan fingerprint density at radius 2 is 1.55 bits per heavy atom. The average molecular weight is 296 g/mol. The predicted octanol–water partition coefficient (Wildman–Crippen LogP) is 5.17. The van der Waals surface area contributed by atoms with Crippen molar-refractivity contribution in [1.29, 1.82) is 0 Å². The number of hydrogen-bond acceptors (Lipinski definition) is 2. The fourth-order valence-electron chi connectivity index (χ4n) is 2.15. The number of benzene rings is 1. The second-order valence-electron chi connectivity index (χ2n) is 4.21. The molecule has 2 heterocycles. The van der Waals surface area contributed by atoms with Gasteiger partial charge in [-0.05, 0) is 19.1 Å². The Bertz CT molecular complexity index is 715. The fraction of sp³-hybridized carbons (Fsp3) is 0.263. The van der Waals surface area contributed by atoms with Gasteiger partial charge in [0.1, 0.15) is 5.69 Å². The van der Waals surface area contributed by atoms with Gasteiger partial charge >= 0.3 is 0 Å². The van der Waals surface area contributed by atoms with Crippen molar-refractivity contribution < 1.29 is 4.79 Å². The number of hydrogen-bond donors (Lipinski definition) is 0. The van der Waals surface area contributed by atoms with Crippen LogP contribution in [0.15, 0.2) is 48.5 Å². The molecule has 3 heteroatoms. The van der Waals surface area contributed by atoms with Crippen molar-refractivity contribution in [2.75, 3.05) is 0 Å². The second kappa shape index (κ2) is 8.78. The van der Waals surface area contributed by atoms with E-state index >= 15 is 0 Å². The third-order valence-corrected chi connectivity index (χ3v) is 3.05. The second-order valence-corrected chi connectivity index (χ2v) is 4.21. The highest BCUT2D eigenvalue weighted by molar-refractivity contribution is 5.94. The molecule has 0 radical (unpaired) electrons. The van der Waals surface area contributed by atoms with Gasteiger partial charge in [-0.3, -0.25) is 4.79 Å². The number of pyridine rings is 1. The van der Waals surface area contributed by atoms with E-state index in [-0.39, 0.29) is 0 Å². The number of aryl methyl sites for hydroxylation is 1. The highest BCUT2D eigenvalue weighted by Gasteiger charge is 2.13. The Morgan fingerprint density at radius 3 is 2.14 bits per heavy atom. The van der Waals surface area contributed by atoms with E-state index in [1.54, 1.807) is 0 Å². The number of rotatable bonds is 2. The molecule has 2 aromatic heterocycles. The number of aldehydes is 1. The molecular weight excluding hydrogens is 272 g/mol. The summed E-state index contributed by atoms with van der Waals surface area (Å²) in [5.41, 5.74) is 4.20. The van der Waals surface area contributed by atoms with Gasteiger partial charge in [0.15, 0.2) is 6.29 Å². The molecule has 0 spiro atoms. The molecular formula is C19H24N2O. The van der Waals surface area contributed by atoms with Crippen molar-refractivity contribution in [1.82, 2.24) is 9.61 Å². The molecule has 0 amide bonds. The van der Waals surface area contributed by atoms with Gasteiger partial charge in [0, 0.05) is 11.3 Å². The summed E-state index contributed by atoms with van der Waals surface area (Å²) >= 11 is 0. The lowest BCUT2D eigenvalue weighted by Gasteiger charge is -1.96. The minimum Gasteiger partial charge on any atom is -0.298 e. The van der Waals surface area contributed by atoms with Gasteiger partial charge in [-0.2, -0.15) is 5.10 Å². The first-order valence-corrected chi connectivity index (χ1v) is 7.80. The summed E-state index contributed by atoms with van der Waals surface area (Å²) in [4.78, 5) is 11.3. The summed E-state index contributed by atoms with van der Waals surface area (Å²) in [5, 5.41) is 4.54. The summed E-state index contributed by atoms with van der Waals surface area (Å²) in [5.74, 6) is 0. The highest BCUT2D eigenvalue weighted by Crippen LogP contribution is 2.25. The Labute approximate surface area is 132 Å². The van der Waals surface area contributed by atoms with E-state index in [4.69, 9.17) is 0 Å². The zero-order valence-electron chi connectivity index (χ0n) is 14.0. The zero-order chi connectivity index (χ0) is 16.5. The topological polar surface area (TPSA) is 34.4 Å². The maximum atomic E-state index is 11.3. The first-order valence-electron chi connectivity index (χ1n) is 7.80. The number of fused-ring (bicyclic) bond motifs is 1. The Hall–Kier alpha value is -2.42. The van der Waals surface area contributed by atoms with Crippen LogP contribution in [-0.2, 0) is 0 Å². The number of carbonyl (C=O) groups is 1. The lowest BCUT2D eigenvalue weighted by Crippen LogP contribution is -1.91. The van der Waals surface area contributed by atoms with Crippen LogP contribution in [0.25, 0.3) is 16.8 Å². The van der Waals surface area contributed by atoms with Crippen molar-refractivity contribution in [3.8, 4) is 11.3 Å².